The van der Waals surface area contributed by atoms with Gasteiger partial charge in [-0.05, 0) is 6.92 Å². The molecule has 0 aliphatic heterocycles. The number of rotatable bonds is 3. The lowest BCUT2D eigenvalue weighted by atomic mass is 10.5. The van der Waals surface area contributed by atoms with Crippen LogP contribution in [0.25, 0.3) is 0 Å². The standard InChI is InChI=1S/C3H6O2.C2H6O4S.CH4/c1-2-3(4)5;1-2-6-7(3,4)5;/h2H2,1H3,(H,4,5);2H2,1H3,(H,3,4,5);1H4. The summed E-state index contributed by atoms with van der Waals surface area (Å²) in [7, 11) is -4.17. The normalized spacial score (nSPS) is 9.15. The van der Waals surface area contributed by atoms with E-state index in [1.807, 2.05) is 0 Å². The van der Waals surface area contributed by atoms with Crippen LogP contribution in [0.1, 0.15) is 27.7 Å². The van der Waals surface area contributed by atoms with Crippen molar-refractivity contribution in [2.45, 2.75) is 27.7 Å². The highest BCUT2D eigenvalue weighted by Gasteiger charge is 1.98. The third kappa shape index (κ3) is 34.7. The highest BCUT2D eigenvalue weighted by Crippen LogP contribution is 1.81. The van der Waals surface area contributed by atoms with Gasteiger partial charge in [0.15, 0.2) is 0 Å². The van der Waals surface area contributed by atoms with Gasteiger partial charge in [-0.25, -0.2) is 4.18 Å². The van der Waals surface area contributed by atoms with Gasteiger partial charge in [-0.3, -0.25) is 9.35 Å². The van der Waals surface area contributed by atoms with Gasteiger partial charge in [-0.1, -0.05) is 14.4 Å². The van der Waals surface area contributed by atoms with Crippen molar-refractivity contribution in [3.05, 3.63) is 0 Å². The van der Waals surface area contributed by atoms with E-state index in [2.05, 4.69) is 4.18 Å². The molecule has 0 fully saturated rings. The number of carbonyl (C=O) groups is 1. The average Bonchev–Trinajstić information content (AvgIpc) is 1.86. The molecular formula is C6H16O6S. The molecule has 0 saturated carbocycles. The van der Waals surface area contributed by atoms with E-state index in [9.17, 15) is 13.2 Å². The quantitative estimate of drug-likeness (QED) is 0.681. The van der Waals surface area contributed by atoms with E-state index in [4.69, 9.17) is 9.66 Å². The zero-order valence-corrected chi connectivity index (χ0v) is 7.67. The van der Waals surface area contributed by atoms with Crippen LogP contribution in [0.3, 0.4) is 0 Å². The molecule has 0 spiro atoms. The summed E-state index contributed by atoms with van der Waals surface area (Å²) in [4.78, 5) is 9.37. The van der Waals surface area contributed by atoms with Crippen LogP contribution in [0.5, 0.6) is 0 Å². The molecule has 2 N–H and O–H groups in total. The molecule has 7 heteroatoms. The Hall–Kier alpha value is -0.660. The van der Waals surface area contributed by atoms with Crippen molar-refractivity contribution in [3.8, 4) is 0 Å². The lowest BCUT2D eigenvalue weighted by molar-refractivity contribution is -0.136. The molecule has 0 aromatic heterocycles. The van der Waals surface area contributed by atoms with Gasteiger partial charge in [0.1, 0.15) is 0 Å². The number of hydrogen-bond acceptors (Lipinski definition) is 4. The molecule has 0 unspecified atom stereocenters. The lowest BCUT2D eigenvalue weighted by Crippen LogP contribution is -2.01. The first-order valence-corrected chi connectivity index (χ1v) is 4.53. The summed E-state index contributed by atoms with van der Waals surface area (Å²) in [6.07, 6.45) is 0.222. The number of carboxylic acid groups (broad SMARTS) is 1. The monoisotopic (exact) mass is 216 g/mol. The average molecular weight is 216 g/mol. The number of aliphatic carboxylic acids is 1. The Kier molecular flexibility index (Phi) is 13.2. The first-order valence-electron chi connectivity index (χ1n) is 3.17. The maximum absolute atomic E-state index is 9.56. The van der Waals surface area contributed by atoms with E-state index in [1.54, 1.807) is 6.92 Å². The minimum atomic E-state index is -4.17. The molecule has 0 heterocycles. The molecule has 0 aromatic carbocycles. The van der Waals surface area contributed by atoms with Crippen LogP contribution in [0.4, 0.5) is 0 Å². The zero-order valence-electron chi connectivity index (χ0n) is 6.85. The molecule has 0 aliphatic carbocycles. The van der Waals surface area contributed by atoms with E-state index >= 15 is 0 Å². The van der Waals surface area contributed by atoms with Crippen LogP contribution in [0, 0.1) is 0 Å². The summed E-state index contributed by atoms with van der Waals surface area (Å²) in [5.41, 5.74) is 0. The van der Waals surface area contributed by atoms with Gasteiger partial charge in [-0.15, -0.1) is 0 Å². The van der Waals surface area contributed by atoms with Crippen molar-refractivity contribution in [1.29, 1.82) is 0 Å². The molecule has 0 aliphatic rings. The van der Waals surface area contributed by atoms with Crippen LogP contribution in [0.2, 0.25) is 0 Å². The van der Waals surface area contributed by atoms with Gasteiger partial charge >= 0.3 is 16.4 Å². The number of hydrogen-bond donors (Lipinski definition) is 2. The van der Waals surface area contributed by atoms with Crippen LogP contribution in [-0.2, 0) is 19.4 Å². The molecule has 0 amide bonds. The van der Waals surface area contributed by atoms with Gasteiger partial charge in [0.05, 0.1) is 6.61 Å². The minimum Gasteiger partial charge on any atom is -0.481 e. The Labute approximate surface area is 78.5 Å². The van der Waals surface area contributed by atoms with Gasteiger partial charge in [0, 0.05) is 6.42 Å². The summed E-state index contributed by atoms with van der Waals surface area (Å²) in [6, 6.07) is 0. The predicted molar refractivity (Wildman–Crippen MR) is 47.8 cm³/mol. The van der Waals surface area contributed by atoms with Crippen molar-refractivity contribution < 1.29 is 27.1 Å². The largest absolute Gasteiger partial charge is 0.481 e. The van der Waals surface area contributed by atoms with E-state index in [1.165, 1.54) is 6.92 Å². The summed E-state index contributed by atoms with van der Waals surface area (Å²) in [6.45, 7) is 3.04. The van der Waals surface area contributed by atoms with Gasteiger partial charge in [0.2, 0.25) is 0 Å². The summed E-state index contributed by atoms with van der Waals surface area (Å²) >= 11 is 0. The smallest absolute Gasteiger partial charge is 0.397 e. The summed E-state index contributed by atoms with van der Waals surface area (Å²) in [5, 5.41) is 7.72. The van der Waals surface area contributed by atoms with Crippen molar-refractivity contribution >= 4 is 16.4 Å². The molecule has 6 nitrogen and oxygen atoms in total. The molecular weight excluding hydrogens is 200 g/mol. The van der Waals surface area contributed by atoms with E-state index in [-0.39, 0.29) is 20.5 Å². The highest BCUT2D eigenvalue weighted by atomic mass is 32.3. The van der Waals surface area contributed by atoms with E-state index in [0.29, 0.717) is 0 Å². The van der Waals surface area contributed by atoms with Crippen molar-refractivity contribution in [2.75, 3.05) is 6.61 Å². The van der Waals surface area contributed by atoms with Gasteiger partial charge < -0.3 is 5.11 Å². The predicted octanol–water partition coefficient (Wildman–Crippen LogP) is 0.943. The summed E-state index contributed by atoms with van der Waals surface area (Å²) in [5.74, 6) is -0.745. The maximum atomic E-state index is 9.56. The van der Waals surface area contributed by atoms with Gasteiger partial charge in [0.25, 0.3) is 0 Å². The first-order chi connectivity index (χ1) is 5.33. The van der Waals surface area contributed by atoms with Crippen LogP contribution in [-0.4, -0.2) is 30.7 Å². The highest BCUT2D eigenvalue weighted by molar-refractivity contribution is 7.80. The van der Waals surface area contributed by atoms with Crippen molar-refractivity contribution in [3.63, 3.8) is 0 Å². The molecule has 0 atom stereocenters. The topological polar surface area (TPSA) is 101 Å². The fraction of sp³-hybridized carbons (Fsp3) is 0.833. The van der Waals surface area contributed by atoms with Gasteiger partial charge in [-0.2, -0.15) is 8.42 Å². The molecule has 0 aromatic rings. The van der Waals surface area contributed by atoms with Crippen LogP contribution < -0.4 is 0 Å². The second-order valence-corrected chi connectivity index (χ2v) is 2.67. The molecule has 13 heavy (non-hydrogen) atoms. The molecule has 0 saturated heterocycles. The van der Waals surface area contributed by atoms with Crippen molar-refractivity contribution in [2.24, 2.45) is 0 Å². The third-order valence-electron chi connectivity index (χ3n) is 0.569. The Bertz CT molecular complexity index is 207. The maximum Gasteiger partial charge on any atom is 0.397 e. The fourth-order valence-electron chi connectivity index (χ4n) is 0.149. The molecule has 0 rings (SSSR count). The van der Waals surface area contributed by atoms with E-state index < -0.39 is 16.4 Å². The Morgan fingerprint density at radius 3 is 1.69 bits per heavy atom. The fourth-order valence-corrected chi connectivity index (χ4v) is 0.447. The molecule has 0 bridgehead atoms. The second-order valence-electron chi connectivity index (χ2n) is 1.58. The Morgan fingerprint density at radius 2 is 1.69 bits per heavy atom. The molecule has 82 valence electrons. The Balaban J connectivity index is -0.000000150. The van der Waals surface area contributed by atoms with E-state index in [0.717, 1.165) is 0 Å². The zero-order chi connectivity index (χ0) is 10.2. The summed E-state index contributed by atoms with van der Waals surface area (Å²) < 4.78 is 30.7. The first kappa shape index (κ1) is 18.2. The lowest BCUT2D eigenvalue weighted by Gasteiger charge is -1.88. The SMILES string of the molecule is C.CCC(=O)O.CCOS(=O)(=O)O. The second kappa shape index (κ2) is 9.43. The van der Waals surface area contributed by atoms with Crippen molar-refractivity contribution in [1.82, 2.24) is 0 Å². The number of carboxylic acids is 1. The Morgan fingerprint density at radius 1 is 1.38 bits per heavy atom. The molecule has 0 radical (unpaired) electrons. The van der Waals surface area contributed by atoms with Crippen LogP contribution in [0.15, 0.2) is 0 Å². The third-order valence-corrected chi connectivity index (χ3v) is 1.10. The minimum absolute atomic E-state index is 0. The van der Waals surface area contributed by atoms with Crippen LogP contribution >= 0.6 is 0 Å².